The summed E-state index contributed by atoms with van der Waals surface area (Å²) in [5.41, 5.74) is 2.02. The van der Waals surface area contributed by atoms with E-state index in [1.54, 1.807) is 38.3 Å². The Balaban J connectivity index is 1.74. The Morgan fingerprint density at radius 1 is 1.15 bits per heavy atom. The summed E-state index contributed by atoms with van der Waals surface area (Å²) in [6.45, 7) is 6.48. The van der Waals surface area contributed by atoms with Crippen LogP contribution in [-0.4, -0.2) is 25.3 Å². The number of benzene rings is 2. The largest absolute Gasteiger partial charge is 0.496 e. The number of ether oxygens (including phenoxy) is 4. The van der Waals surface area contributed by atoms with Crippen molar-refractivity contribution in [1.29, 1.82) is 0 Å². The van der Waals surface area contributed by atoms with Crippen LogP contribution in [0.2, 0.25) is 0 Å². The van der Waals surface area contributed by atoms with Gasteiger partial charge in [-0.1, -0.05) is 6.08 Å². The predicted octanol–water partition coefficient (Wildman–Crippen LogP) is 4.64. The Morgan fingerprint density at radius 2 is 1.89 bits per heavy atom. The Labute approximate surface area is 159 Å². The summed E-state index contributed by atoms with van der Waals surface area (Å²) in [7, 11) is 1.64. The van der Waals surface area contributed by atoms with Gasteiger partial charge in [0.05, 0.1) is 19.3 Å². The minimum absolute atomic E-state index is 0.322. The number of carbonyl (C=O) groups is 1. The highest BCUT2D eigenvalue weighted by Gasteiger charge is 2.23. The molecule has 5 nitrogen and oxygen atoms in total. The third-order valence-corrected chi connectivity index (χ3v) is 4.21. The number of carbonyl (C=O) groups excluding carboxylic acids is 1. The normalized spacial score (nSPS) is 14.1. The maximum atomic E-state index is 11.7. The molecule has 142 valence electrons. The van der Waals surface area contributed by atoms with Gasteiger partial charge in [0.25, 0.3) is 0 Å². The van der Waals surface area contributed by atoms with Crippen LogP contribution in [0.4, 0.5) is 0 Å². The van der Waals surface area contributed by atoms with Gasteiger partial charge in [-0.25, -0.2) is 4.79 Å². The first-order chi connectivity index (χ1) is 12.9. The molecule has 27 heavy (non-hydrogen) atoms. The van der Waals surface area contributed by atoms with E-state index in [0.29, 0.717) is 24.5 Å². The quantitative estimate of drug-likeness (QED) is 0.696. The molecule has 0 radical (unpaired) electrons. The average Bonchev–Trinajstić information content (AvgIpc) is 2.65. The van der Waals surface area contributed by atoms with Crippen molar-refractivity contribution in [1.82, 2.24) is 0 Å². The second-order valence-electron chi connectivity index (χ2n) is 6.77. The molecule has 2 aromatic rings. The van der Waals surface area contributed by atoms with Gasteiger partial charge in [0, 0.05) is 11.1 Å². The lowest BCUT2D eigenvalue weighted by Crippen LogP contribution is -2.27. The highest BCUT2D eigenvalue weighted by Crippen LogP contribution is 2.36. The van der Waals surface area contributed by atoms with Gasteiger partial charge >= 0.3 is 5.97 Å². The van der Waals surface area contributed by atoms with Crippen LogP contribution >= 0.6 is 0 Å². The molecule has 0 amide bonds. The molecular formula is C22H24O5. The summed E-state index contributed by atoms with van der Waals surface area (Å²) in [6.07, 6.45) is 4.07. The molecule has 1 aliphatic rings. The Morgan fingerprint density at radius 3 is 2.56 bits per heavy atom. The summed E-state index contributed by atoms with van der Waals surface area (Å²) >= 11 is 0. The van der Waals surface area contributed by atoms with E-state index < -0.39 is 0 Å². The minimum atomic E-state index is -0.345. The fourth-order valence-corrected chi connectivity index (χ4v) is 2.81. The fourth-order valence-electron chi connectivity index (χ4n) is 2.81. The number of rotatable bonds is 6. The highest BCUT2D eigenvalue weighted by molar-refractivity contribution is 5.89. The molecule has 2 aromatic carbocycles. The Bertz CT molecular complexity index is 850. The highest BCUT2D eigenvalue weighted by atomic mass is 16.5. The van der Waals surface area contributed by atoms with Crippen molar-refractivity contribution in [2.75, 3.05) is 13.7 Å². The molecule has 0 N–H and O–H groups in total. The Hall–Kier alpha value is -2.95. The molecule has 0 unspecified atom stereocenters. The zero-order valence-corrected chi connectivity index (χ0v) is 16.1. The van der Waals surface area contributed by atoms with Crippen molar-refractivity contribution in [3.8, 4) is 17.2 Å². The molecule has 0 aromatic heterocycles. The molecule has 0 saturated carbocycles. The van der Waals surface area contributed by atoms with Crippen LogP contribution in [0.25, 0.3) is 6.08 Å². The molecule has 0 bridgehead atoms. The first kappa shape index (κ1) is 18.8. The molecule has 0 saturated heterocycles. The molecule has 0 spiro atoms. The lowest BCUT2D eigenvalue weighted by atomic mass is 10.0. The first-order valence-corrected chi connectivity index (χ1v) is 8.91. The number of fused-ring (bicyclic) bond motifs is 1. The molecule has 3 rings (SSSR count). The van der Waals surface area contributed by atoms with Gasteiger partial charge < -0.3 is 18.9 Å². The van der Waals surface area contributed by atoms with Crippen LogP contribution in [0, 0.1) is 0 Å². The zero-order chi connectivity index (χ0) is 19.4. The third-order valence-electron chi connectivity index (χ3n) is 4.21. The molecule has 0 fully saturated rings. The van der Waals surface area contributed by atoms with E-state index in [9.17, 15) is 4.79 Å². The lowest BCUT2D eigenvalue weighted by molar-refractivity contribution is 0.0526. The fraction of sp³-hybridized carbons (Fsp3) is 0.318. The van der Waals surface area contributed by atoms with E-state index in [4.69, 9.17) is 18.9 Å². The van der Waals surface area contributed by atoms with Gasteiger partial charge in [-0.3, -0.25) is 0 Å². The molecule has 1 heterocycles. The Kier molecular flexibility index (Phi) is 5.40. The topological polar surface area (TPSA) is 54.0 Å². The predicted molar refractivity (Wildman–Crippen MR) is 103 cm³/mol. The van der Waals surface area contributed by atoms with E-state index in [1.807, 2.05) is 38.1 Å². The molecule has 0 aliphatic carbocycles. The van der Waals surface area contributed by atoms with Crippen LogP contribution in [0.3, 0.4) is 0 Å². The smallest absolute Gasteiger partial charge is 0.338 e. The van der Waals surface area contributed by atoms with Crippen molar-refractivity contribution < 1.29 is 23.7 Å². The van der Waals surface area contributed by atoms with Crippen LogP contribution in [0.15, 0.2) is 42.5 Å². The number of hydrogen-bond acceptors (Lipinski definition) is 5. The molecule has 1 aliphatic heterocycles. The van der Waals surface area contributed by atoms with Gasteiger partial charge in [-0.2, -0.15) is 0 Å². The number of hydrogen-bond donors (Lipinski definition) is 0. The van der Waals surface area contributed by atoms with Crippen molar-refractivity contribution in [3.05, 3.63) is 59.2 Å². The summed E-state index contributed by atoms with van der Waals surface area (Å²) < 4.78 is 22.4. The van der Waals surface area contributed by atoms with E-state index in [-0.39, 0.29) is 11.6 Å². The van der Waals surface area contributed by atoms with E-state index >= 15 is 0 Å². The third kappa shape index (κ3) is 4.42. The monoisotopic (exact) mass is 368 g/mol. The lowest BCUT2D eigenvalue weighted by Gasteiger charge is -2.28. The summed E-state index contributed by atoms with van der Waals surface area (Å²) in [5.74, 6) is 1.86. The standard InChI is InChI=1S/C22H24O5/c1-5-25-21(23)15-6-8-18(9-7-15)26-14-17-13-20-16(12-19(17)24-4)10-11-22(2,3)27-20/h6-13H,5,14H2,1-4H3. The van der Waals surface area contributed by atoms with Gasteiger partial charge in [0.2, 0.25) is 0 Å². The van der Waals surface area contributed by atoms with Gasteiger partial charge in [0.15, 0.2) is 0 Å². The van der Waals surface area contributed by atoms with Gasteiger partial charge in [-0.05, 0) is 63.2 Å². The molecular weight excluding hydrogens is 344 g/mol. The van der Waals surface area contributed by atoms with E-state index in [1.165, 1.54) is 0 Å². The van der Waals surface area contributed by atoms with Crippen LogP contribution in [0.1, 0.15) is 42.3 Å². The van der Waals surface area contributed by atoms with Crippen LogP contribution in [0.5, 0.6) is 17.2 Å². The van der Waals surface area contributed by atoms with Crippen molar-refractivity contribution >= 4 is 12.0 Å². The van der Waals surface area contributed by atoms with E-state index in [2.05, 4.69) is 0 Å². The SMILES string of the molecule is CCOC(=O)c1ccc(OCc2cc3c(cc2OC)C=CC(C)(C)O3)cc1. The van der Waals surface area contributed by atoms with Crippen LogP contribution < -0.4 is 14.2 Å². The first-order valence-electron chi connectivity index (χ1n) is 8.91. The van der Waals surface area contributed by atoms with E-state index in [0.717, 1.165) is 22.6 Å². The average molecular weight is 368 g/mol. The van der Waals surface area contributed by atoms with Crippen molar-refractivity contribution in [2.45, 2.75) is 33.0 Å². The minimum Gasteiger partial charge on any atom is -0.496 e. The summed E-state index contributed by atoms with van der Waals surface area (Å²) in [5, 5.41) is 0. The maximum absolute atomic E-state index is 11.7. The van der Waals surface area contributed by atoms with Gasteiger partial charge in [0.1, 0.15) is 29.5 Å². The zero-order valence-electron chi connectivity index (χ0n) is 16.1. The van der Waals surface area contributed by atoms with Gasteiger partial charge in [-0.15, -0.1) is 0 Å². The summed E-state index contributed by atoms with van der Waals surface area (Å²) in [4.78, 5) is 11.7. The second kappa shape index (κ2) is 7.74. The second-order valence-corrected chi connectivity index (χ2v) is 6.77. The molecule has 5 heteroatoms. The number of esters is 1. The number of methoxy groups -OCH3 is 1. The van der Waals surface area contributed by atoms with Crippen LogP contribution in [-0.2, 0) is 11.3 Å². The maximum Gasteiger partial charge on any atom is 0.338 e. The van der Waals surface area contributed by atoms with Crippen molar-refractivity contribution in [2.24, 2.45) is 0 Å². The molecule has 0 atom stereocenters. The summed E-state index contributed by atoms with van der Waals surface area (Å²) in [6, 6.07) is 10.8. The van der Waals surface area contributed by atoms with Crippen molar-refractivity contribution in [3.63, 3.8) is 0 Å².